The molecule has 1 fully saturated rings. The molecular weight excluding hydrogens is 430 g/mol. The summed E-state index contributed by atoms with van der Waals surface area (Å²) in [6.07, 6.45) is -7.90. The molecule has 0 aliphatic carbocycles. The maximum absolute atomic E-state index is 12.8. The summed E-state index contributed by atoms with van der Waals surface area (Å²) in [5.74, 6) is -3.20. The average Bonchev–Trinajstić information content (AvgIpc) is 2.76. The summed E-state index contributed by atoms with van der Waals surface area (Å²) in [6, 6.07) is 6.61. The average molecular weight is 451 g/mol. The van der Waals surface area contributed by atoms with Crippen molar-refractivity contribution in [3.8, 4) is 17.2 Å². The minimum atomic E-state index is -1.74. The maximum Gasteiger partial charge on any atom is 0.337 e. The summed E-state index contributed by atoms with van der Waals surface area (Å²) in [6.45, 7) is -0.688. The van der Waals surface area contributed by atoms with Crippen LogP contribution in [0.1, 0.15) is 20.7 Å². The van der Waals surface area contributed by atoms with Crippen LogP contribution in [0.4, 0.5) is 5.69 Å². The van der Waals surface area contributed by atoms with Gasteiger partial charge in [0.05, 0.1) is 23.4 Å². The number of carboxylic acid groups (broad SMARTS) is 1. The molecule has 1 aliphatic rings. The van der Waals surface area contributed by atoms with Crippen molar-refractivity contribution in [1.82, 2.24) is 0 Å². The molecule has 5 atom stereocenters. The zero-order valence-electron chi connectivity index (χ0n) is 16.3. The van der Waals surface area contributed by atoms with Crippen LogP contribution in [0.2, 0.25) is 0 Å². The molecule has 12 heteroatoms. The number of aliphatic hydroxyl groups is 4. The van der Waals surface area contributed by atoms with Crippen LogP contribution in [-0.2, 0) is 4.74 Å². The predicted octanol–water partition coefficient (Wildman–Crippen LogP) is -0.773. The summed E-state index contributed by atoms with van der Waals surface area (Å²) >= 11 is 0. The number of phenols is 2. The van der Waals surface area contributed by atoms with Gasteiger partial charge in [-0.1, -0.05) is 0 Å². The highest BCUT2D eigenvalue weighted by molar-refractivity contribution is 6.09. The Morgan fingerprint density at radius 3 is 2.19 bits per heavy atom. The van der Waals surface area contributed by atoms with Crippen molar-refractivity contribution in [2.75, 3.05) is 11.9 Å². The lowest BCUT2D eigenvalue weighted by Crippen LogP contribution is -2.60. The molecule has 12 nitrogen and oxygen atoms in total. The Labute approximate surface area is 180 Å². The van der Waals surface area contributed by atoms with E-state index in [1.54, 1.807) is 0 Å². The molecule has 1 aliphatic heterocycles. The number of carboxylic acids is 1. The normalized spacial score (nSPS) is 25.2. The van der Waals surface area contributed by atoms with E-state index in [-0.39, 0.29) is 28.5 Å². The third-order valence-corrected chi connectivity index (χ3v) is 4.78. The number of aromatic carboxylic acids is 1. The number of hydrogen-bond donors (Lipinski definition) is 8. The number of carbonyl (C=O) groups excluding carboxylic acids is 1. The third-order valence-electron chi connectivity index (χ3n) is 4.78. The zero-order valence-corrected chi connectivity index (χ0v) is 16.3. The molecule has 3 rings (SSSR count). The van der Waals surface area contributed by atoms with E-state index in [1.807, 2.05) is 0 Å². The number of phenolic OH excluding ortho intramolecular Hbond substituents is 2. The molecule has 32 heavy (non-hydrogen) atoms. The van der Waals surface area contributed by atoms with E-state index in [1.165, 1.54) is 12.1 Å². The molecular formula is C20H21NO11. The minimum absolute atomic E-state index is 0.151. The van der Waals surface area contributed by atoms with Gasteiger partial charge in [0.25, 0.3) is 5.91 Å². The lowest BCUT2D eigenvalue weighted by Gasteiger charge is -2.39. The van der Waals surface area contributed by atoms with E-state index in [9.17, 15) is 45.3 Å². The Morgan fingerprint density at radius 1 is 0.938 bits per heavy atom. The van der Waals surface area contributed by atoms with E-state index in [0.717, 1.165) is 24.3 Å². The second kappa shape index (κ2) is 9.38. The molecule has 1 heterocycles. The highest BCUT2D eigenvalue weighted by atomic mass is 16.7. The molecule has 0 unspecified atom stereocenters. The number of nitrogens with one attached hydrogen (secondary N) is 1. The zero-order chi connectivity index (χ0) is 23.6. The van der Waals surface area contributed by atoms with Crippen molar-refractivity contribution in [3.05, 3.63) is 47.5 Å². The van der Waals surface area contributed by atoms with Crippen LogP contribution < -0.4 is 10.1 Å². The van der Waals surface area contributed by atoms with Crippen LogP contribution in [0.15, 0.2) is 36.4 Å². The van der Waals surface area contributed by atoms with Gasteiger partial charge in [0.2, 0.25) is 6.29 Å². The molecule has 0 aromatic heterocycles. The van der Waals surface area contributed by atoms with Crippen molar-refractivity contribution in [2.24, 2.45) is 0 Å². The molecule has 1 saturated heterocycles. The molecule has 0 radical (unpaired) electrons. The van der Waals surface area contributed by atoms with Crippen LogP contribution >= 0.6 is 0 Å². The minimum Gasteiger partial charge on any atom is -0.508 e. The summed E-state index contributed by atoms with van der Waals surface area (Å²) < 4.78 is 10.7. The largest absolute Gasteiger partial charge is 0.508 e. The van der Waals surface area contributed by atoms with Crippen LogP contribution in [0.5, 0.6) is 17.2 Å². The molecule has 8 N–H and O–H groups in total. The van der Waals surface area contributed by atoms with Gasteiger partial charge in [0, 0.05) is 0 Å². The number of amides is 1. The van der Waals surface area contributed by atoms with Gasteiger partial charge in [-0.3, -0.25) is 4.79 Å². The Balaban J connectivity index is 1.89. The molecule has 0 saturated carbocycles. The first-order valence-electron chi connectivity index (χ1n) is 9.30. The Morgan fingerprint density at radius 2 is 1.56 bits per heavy atom. The topological polar surface area (TPSA) is 206 Å². The Kier molecular flexibility index (Phi) is 6.81. The maximum atomic E-state index is 12.8. The first-order valence-corrected chi connectivity index (χ1v) is 9.30. The van der Waals surface area contributed by atoms with Crippen molar-refractivity contribution in [2.45, 2.75) is 30.7 Å². The van der Waals surface area contributed by atoms with Gasteiger partial charge in [0.1, 0.15) is 41.7 Å². The highest BCUT2D eigenvalue weighted by Gasteiger charge is 2.45. The summed E-state index contributed by atoms with van der Waals surface area (Å²) in [5, 5.41) is 70.1. The smallest absolute Gasteiger partial charge is 0.337 e. The van der Waals surface area contributed by atoms with Crippen LogP contribution in [0, 0.1) is 0 Å². The Bertz CT molecular complexity index is 1010. The van der Waals surface area contributed by atoms with E-state index < -0.39 is 54.8 Å². The first-order chi connectivity index (χ1) is 15.1. The van der Waals surface area contributed by atoms with Gasteiger partial charge in [-0.05, 0) is 36.4 Å². The number of benzene rings is 2. The van der Waals surface area contributed by atoms with Gasteiger partial charge < -0.3 is 50.5 Å². The van der Waals surface area contributed by atoms with E-state index >= 15 is 0 Å². The van der Waals surface area contributed by atoms with E-state index in [2.05, 4.69) is 5.32 Å². The second-order valence-corrected chi connectivity index (χ2v) is 6.98. The van der Waals surface area contributed by atoms with Gasteiger partial charge in [0.15, 0.2) is 0 Å². The van der Waals surface area contributed by atoms with Crippen molar-refractivity contribution >= 4 is 17.6 Å². The summed E-state index contributed by atoms with van der Waals surface area (Å²) in [7, 11) is 0. The van der Waals surface area contributed by atoms with Gasteiger partial charge in [-0.2, -0.15) is 0 Å². The fourth-order valence-electron chi connectivity index (χ4n) is 3.10. The SMILES string of the molecule is O=C(O)c1cc(O)ccc1NC(=O)c1cc(O)ccc1O[C@H]1O[C@@H](CO)[C@H](O)[C@H](O)[C@@H]1O. The molecule has 1 amide bonds. The number of ether oxygens (including phenoxy) is 2. The number of aromatic hydroxyl groups is 2. The van der Waals surface area contributed by atoms with Crippen LogP contribution in [0.25, 0.3) is 0 Å². The predicted molar refractivity (Wildman–Crippen MR) is 106 cm³/mol. The first kappa shape index (κ1) is 23.2. The molecule has 0 bridgehead atoms. The number of rotatable bonds is 6. The van der Waals surface area contributed by atoms with Gasteiger partial charge in [-0.25, -0.2) is 4.79 Å². The molecule has 172 valence electrons. The molecule has 0 spiro atoms. The monoisotopic (exact) mass is 451 g/mol. The fourth-order valence-corrected chi connectivity index (χ4v) is 3.10. The fraction of sp³-hybridized carbons (Fsp3) is 0.300. The lowest BCUT2D eigenvalue weighted by atomic mass is 9.99. The van der Waals surface area contributed by atoms with Crippen molar-refractivity contribution in [1.29, 1.82) is 0 Å². The number of anilines is 1. The van der Waals surface area contributed by atoms with E-state index in [0.29, 0.717) is 0 Å². The number of carbonyl (C=O) groups is 2. The van der Waals surface area contributed by atoms with Crippen molar-refractivity contribution in [3.63, 3.8) is 0 Å². The molecule has 2 aromatic rings. The number of aliphatic hydroxyl groups excluding tert-OH is 4. The number of hydrogen-bond acceptors (Lipinski definition) is 10. The summed E-state index contributed by atoms with van der Waals surface area (Å²) in [4.78, 5) is 24.2. The van der Waals surface area contributed by atoms with Crippen molar-refractivity contribution < 1.29 is 54.8 Å². The standard InChI is InChI=1S/C20H21NO11/c22-7-14-15(25)16(26)17(27)20(32-14)31-13-4-2-9(24)6-11(13)18(28)21-12-3-1-8(23)5-10(12)19(29)30/h1-6,14-17,20,22-27H,7H2,(H,21,28)(H,29,30)/t14-,15-,16-,17-,20-/m0/s1. The van der Waals surface area contributed by atoms with E-state index in [4.69, 9.17) is 9.47 Å². The Hall–Kier alpha value is -3.42. The second-order valence-electron chi connectivity index (χ2n) is 6.98. The quantitative estimate of drug-likeness (QED) is 0.256. The third kappa shape index (κ3) is 4.74. The molecule has 2 aromatic carbocycles. The van der Waals surface area contributed by atoms with Crippen LogP contribution in [-0.4, -0.2) is 84.9 Å². The van der Waals surface area contributed by atoms with Gasteiger partial charge in [-0.15, -0.1) is 0 Å². The lowest BCUT2D eigenvalue weighted by molar-refractivity contribution is -0.277. The van der Waals surface area contributed by atoms with Gasteiger partial charge >= 0.3 is 5.97 Å². The van der Waals surface area contributed by atoms with Crippen LogP contribution in [0.3, 0.4) is 0 Å². The summed E-state index contributed by atoms with van der Waals surface area (Å²) in [5.41, 5.74) is -0.830. The highest BCUT2D eigenvalue weighted by Crippen LogP contribution is 2.30.